The molecule has 9 heavy (non-hydrogen) atoms. The minimum Gasteiger partial charge on any atom is -0.0790 e. The predicted molar refractivity (Wildman–Crippen MR) is 45.2 cm³/mol. The van der Waals surface area contributed by atoms with Crippen molar-refractivity contribution in [3.8, 4) is 0 Å². The van der Waals surface area contributed by atoms with Gasteiger partial charge in [0.1, 0.15) is 0 Å². The van der Waals surface area contributed by atoms with Crippen LogP contribution < -0.4 is 0 Å². The first-order valence-corrected chi connectivity index (χ1v) is 7.08. The molecule has 0 atom stereocenters. The highest BCUT2D eigenvalue weighted by Gasteiger charge is 2.41. The van der Waals surface area contributed by atoms with Crippen molar-refractivity contribution in [1.82, 2.24) is 0 Å². The Bertz CT molecular complexity index is 158. The molecule has 0 bridgehead atoms. The largest absolute Gasteiger partial charge is 0.0790 e. The molecule has 0 heterocycles. The van der Waals surface area contributed by atoms with Crippen LogP contribution in [0, 0.1) is 5.41 Å². The van der Waals surface area contributed by atoms with E-state index in [0.717, 1.165) is 0 Å². The number of hydrogen-bond donors (Lipinski definition) is 0. The van der Waals surface area contributed by atoms with Crippen molar-refractivity contribution in [2.75, 3.05) is 0 Å². The molecule has 1 rings (SSSR count). The van der Waals surface area contributed by atoms with Gasteiger partial charge in [-0.05, 0) is 5.41 Å². The zero-order valence-electron chi connectivity index (χ0n) is 7.08. The fourth-order valence-electron chi connectivity index (χ4n) is 1.51. The van der Waals surface area contributed by atoms with Crippen molar-refractivity contribution in [2.45, 2.75) is 33.5 Å². The maximum atomic E-state index is 2.42. The smallest absolute Gasteiger partial charge is 0.0731 e. The van der Waals surface area contributed by atoms with Crippen molar-refractivity contribution in [3.05, 3.63) is 11.3 Å². The summed E-state index contributed by atoms with van der Waals surface area (Å²) in [6, 6.07) is 0. The maximum Gasteiger partial charge on any atom is 0.0731 e. The van der Waals surface area contributed by atoms with Gasteiger partial charge in [0.05, 0.1) is 8.07 Å². The van der Waals surface area contributed by atoms with Crippen molar-refractivity contribution in [2.24, 2.45) is 5.41 Å². The average molecular weight is 140 g/mol. The van der Waals surface area contributed by atoms with Crippen molar-refractivity contribution < 1.29 is 0 Å². The van der Waals surface area contributed by atoms with E-state index in [1.54, 1.807) is 5.20 Å². The van der Waals surface area contributed by atoms with Crippen LogP contribution in [-0.4, -0.2) is 8.07 Å². The molecule has 1 aliphatic carbocycles. The van der Waals surface area contributed by atoms with Crippen molar-refractivity contribution in [3.63, 3.8) is 0 Å². The molecule has 0 unspecified atom stereocenters. The second kappa shape index (κ2) is 1.51. The summed E-state index contributed by atoms with van der Waals surface area (Å²) in [5.41, 5.74) is 0.504. The van der Waals surface area contributed by atoms with Crippen LogP contribution in [0.1, 0.15) is 13.8 Å². The lowest BCUT2D eigenvalue weighted by Crippen LogP contribution is -2.22. The lowest BCUT2D eigenvalue weighted by Gasteiger charge is -2.16. The van der Waals surface area contributed by atoms with E-state index >= 15 is 0 Å². The third-order valence-electron chi connectivity index (χ3n) is 1.92. The minimum absolute atomic E-state index is 0.504. The Morgan fingerprint density at radius 3 is 1.56 bits per heavy atom. The van der Waals surface area contributed by atoms with E-state index in [1.165, 1.54) is 0 Å². The molecule has 0 amide bonds. The molecular weight excluding hydrogens is 124 g/mol. The van der Waals surface area contributed by atoms with Crippen molar-refractivity contribution >= 4 is 8.07 Å². The number of rotatable bonds is 1. The van der Waals surface area contributed by atoms with Gasteiger partial charge in [-0.3, -0.25) is 0 Å². The van der Waals surface area contributed by atoms with Gasteiger partial charge in [-0.25, -0.2) is 0 Å². The Balaban J connectivity index is 2.62. The third-order valence-corrected chi connectivity index (χ3v) is 4.33. The van der Waals surface area contributed by atoms with Crippen LogP contribution >= 0.6 is 0 Å². The predicted octanol–water partition coefficient (Wildman–Crippen LogP) is 2.83. The van der Waals surface area contributed by atoms with E-state index in [9.17, 15) is 0 Å². The Kier molecular flexibility index (Phi) is 1.19. The first-order valence-electron chi connectivity index (χ1n) is 3.58. The molecule has 0 fully saturated rings. The summed E-state index contributed by atoms with van der Waals surface area (Å²) >= 11 is 0. The molecule has 0 aromatic heterocycles. The van der Waals surface area contributed by atoms with Crippen LogP contribution in [0.4, 0.5) is 0 Å². The van der Waals surface area contributed by atoms with Gasteiger partial charge < -0.3 is 0 Å². The minimum atomic E-state index is -0.898. The molecular formula is C8H16Si. The Labute approximate surface area is 59.0 Å². The molecule has 0 saturated carbocycles. The van der Waals surface area contributed by atoms with Crippen molar-refractivity contribution in [1.29, 1.82) is 0 Å². The Morgan fingerprint density at radius 2 is 1.56 bits per heavy atom. The van der Waals surface area contributed by atoms with E-state index in [0.29, 0.717) is 5.41 Å². The van der Waals surface area contributed by atoms with E-state index in [4.69, 9.17) is 0 Å². The van der Waals surface area contributed by atoms with Gasteiger partial charge in [-0.1, -0.05) is 44.8 Å². The molecule has 0 nitrogen and oxygen atoms in total. The molecule has 0 aromatic rings. The van der Waals surface area contributed by atoms with E-state index in [-0.39, 0.29) is 0 Å². The quantitative estimate of drug-likeness (QED) is 0.491. The molecule has 0 spiro atoms. The fourth-order valence-corrected chi connectivity index (χ4v) is 4.23. The van der Waals surface area contributed by atoms with E-state index < -0.39 is 8.07 Å². The first kappa shape index (κ1) is 7.07. The highest BCUT2D eigenvalue weighted by atomic mass is 28.3. The van der Waals surface area contributed by atoms with Crippen LogP contribution in [0.3, 0.4) is 0 Å². The standard InChI is InChI=1S/C8H16Si/c1-8(2)6-7(8)9(3,4)5/h6H,1-5H3. The Hall–Kier alpha value is -0.0431. The fraction of sp³-hybridized carbons (Fsp3) is 0.750. The van der Waals surface area contributed by atoms with Crippen LogP contribution in [-0.2, 0) is 0 Å². The summed E-state index contributed by atoms with van der Waals surface area (Å²) in [5.74, 6) is 0. The second-order valence-corrected chi connectivity index (χ2v) is 9.57. The van der Waals surface area contributed by atoms with Gasteiger partial charge in [-0.15, -0.1) is 0 Å². The topological polar surface area (TPSA) is 0 Å². The molecule has 0 aliphatic heterocycles. The normalized spacial score (nSPS) is 23.4. The number of hydrogen-bond acceptors (Lipinski definition) is 0. The van der Waals surface area contributed by atoms with Gasteiger partial charge in [-0.2, -0.15) is 0 Å². The first-order chi connectivity index (χ1) is 3.84. The van der Waals surface area contributed by atoms with Gasteiger partial charge in [0, 0.05) is 0 Å². The molecule has 0 radical (unpaired) electrons. The molecule has 0 aromatic carbocycles. The van der Waals surface area contributed by atoms with E-state index in [2.05, 4.69) is 39.6 Å². The lowest BCUT2D eigenvalue weighted by atomic mass is 10.2. The summed E-state index contributed by atoms with van der Waals surface area (Å²) < 4.78 is 0. The average Bonchev–Trinajstić information content (AvgIpc) is 2.10. The van der Waals surface area contributed by atoms with Crippen LogP contribution in [0.5, 0.6) is 0 Å². The third kappa shape index (κ3) is 1.26. The zero-order chi connectivity index (χ0) is 7.28. The molecule has 1 aliphatic rings. The highest BCUT2D eigenvalue weighted by Crippen LogP contribution is 2.48. The Morgan fingerprint density at radius 1 is 1.22 bits per heavy atom. The summed E-state index contributed by atoms with van der Waals surface area (Å²) in [4.78, 5) is 0. The monoisotopic (exact) mass is 140 g/mol. The van der Waals surface area contributed by atoms with E-state index in [1.807, 2.05) is 0 Å². The van der Waals surface area contributed by atoms with Crippen LogP contribution in [0.15, 0.2) is 11.3 Å². The highest BCUT2D eigenvalue weighted by molar-refractivity contribution is 6.84. The maximum absolute atomic E-state index is 2.42. The summed E-state index contributed by atoms with van der Waals surface area (Å²) in [6.45, 7) is 11.8. The van der Waals surface area contributed by atoms with Gasteiger partial charge in [0.2, 0.25) is 0 Å². The second-order valence-electron chi connectivity index (χ2n) is 4.53. The summed E-state index contributed by atoms with van der Waals surface area (Å²) in [5, 5.41) is 1.75. The summed E-state index contributed by atoms with van der Waals surface area (Å²) in [6.07, 6.45) is 2.42. The zero-order valence-corrected chi connectivity index (χ0v) is 8.08. The number of allylic oxidation sites excluding steroid dienone is 2. The van der Waals surface area contributed by atoms with Crippen LogP contribution in [0.25, 0.3) is 0 Å². The molecule has 52 valence electrons. The molecule has 0 saturated heterocycles. The van der Waals surface area contributed by atoms with Gasteiger partial charge >= 0.3 is 0 Å². The molecule has 0 N–H and O–H groups in total. The summed E-state index contributed by atoms with van der Waals surface area (Å²) in [7, 11) is -0.898. The van der Waals surface area contributed by atoms with Gasteiger partial charge in [0.15, 0.2) is 0 Å². The lowest BCUT2D eigenvalue weighted by molar-refractivity contribution is 0.718. The molecule has 1 heteroatoms. The SMILES string of the molecule is CC1(C)C=C1[Si](C)(C)C. The van der Waals surface area contributed by atoms with Crippen LogP contribution in [0.2, 0.25) is 19.6 Å². The van der Waals surface area contributed by atoms with Gasteiger partial charge in [0.25, 0.3) is 0 Å².